The minimum atomic E-state index is -0.492. The first kappa shape index (κ1) is 14.6. The van der Waals surface area contributed by atoms with Crippen molar-refractivity contribution in [3.63, 3.8) is 0 Å². The Morgan fingerprint density at radius 3 is 2.75 bits per heavy atom. The third-order valence-corrected chi connectivity index (χ3v) is 3.91. The molecule has 2 rings (SSSR count). The molecule has 1 aromatic heterocycles. The summed E-state index contributed by atoms with van der Waals surface area (Å²) >= 11 is 0. The summed E-state index contributed by atoms with van der Waals surface area (Å²) in [6, 6.07) is 0.839. The number of nitrogens with one attached hydrogen (secondary N) is 1. The fraction of sp³-hybridized carbons (Fsp3) is 0.643. The van der Waals surface area contributed by atoms with Crippen molar-refractivity contribution < 1.29 is 14.1 Å². The van der Waals surface area contributed by atoms with E-state index in [1.165, 1.54) is 0 Å². The van der Waals surface area contributed by atoms with Crippen LogP contribution in [0.2, 0.25) is 0 Å². The molecule has 2 amide bonds. The van der Waals surface area contributed by atoms with Gasteiger partial charge in [0.2, 0.25) is 11.8 Å². The molecular weight excluding hydrogens is 258 g/mol. The van der Waals surface area contributed by atoms with Crippen LogP contribution in [-0.4, -0.2) is 34.0 Å². The summed E-state index contributed by atoms with van der Waals surface area (Å²) < 4.78 is 5.15. The molecule has 6 heteroatoms. The fourth-order valence-electron chi connectivity index (χ4n) is 2.34. The molecule has 1 aliphatic heterocycles. The average molecular weight is 279 g/mol. The summed E-state index contributed by atoms with van der Waals surface area (Å²) in [5.41, 5.74) is 0.764. The summed E-state index contributed by atoms with van der Waals surface area (Å²) in [6.07, 6.45) is 0.834. The summed E-state index contributed by atoms with van der Waals surface area (Å²) in [5, 5.41) is 6.62. The maximum atomic E-state index is 12.5. The molecule has 1 saturated heterocycles. The van der Waals surface area contributed by atoms with Gasteiger partial charge in [0.25, 0.3) is 0 Å². The zero-order chi connectivity index (χ0) is 14.9. The molecule has 2 heterocycles. The lowest BCUT2D eigenvalue weighted by molar-refractivity contribution is -0.151. The normalized spacial score (nSPS) is 24.7. The monoisotopic (exact) mass is 279 g/mol. The van der Waals surface area contributed by atoms with Gasteiger partial charge in [-0.05, 0) is 19.8 Å². The van der Waals surface area contributed by atoms with Gasteiger partial charge in [-0.25, -0.2) is 0 Å². The Morgan fingerprint density at radius 1 is 1.50 bits per heavy atom. The highest BCUT2D eigenvalue weighted by molar-refractivity contribution is 5.96. The van der Waals surface area contributed by atoms with Gasteiger partial charge in [0.1, 0.15) is 12.1 Å². The maximum absolute atomic E-state index is 12.5. The first-order chi connectivity index (χ1) is 9.43. The van der Waals surface area contributed by atoms with Gasteiger partial charge in [-0.15, -0.1) is 0 Å². The molecule has 6 nitrogen and oxygen atoms in total. The van der Waals surface area contributed by atoms with Crippen molar-refractivity contribution in [2.75, 3.05) is 0 Å². The van der Waals surface area contributed by atoms with Crippen LogP contribution in [0.1, 0.15) is 38.6 Å². The Morgan fingerprint density at radius 2 is 2.20 bits per heavy atom. The number of hydrogen-bond acceptors (Lipinski definition) is 4. The van der Waals surface area contributed by atoms with E-state index in [1.807, 2.05) is 20.8 Å². The van der Waals surface area contributed by atoms with Crippen molar-refractivity contribution in [3.05, 3.63) is 17.5 Å². The van der Waals surface area contributed by atoms with Crippen LogP contribution in [0, 0.1) is 12.8 Å². The molecule has 0 aliphatic carbocycles. The molecule has 0 spiro atoms. The molecule has 0 saturated carbocycles. The fourth-order valence-corrected chi connectivity index (χ4v) is 2.34. The van der Waals surface area contributed by atoms with Gasteiger partial charge in [-0.1, -0.05) is 25.4 Å². The van der Waals surface area contributed by atoms with Gasteiger partial charge in [0.15, 0.2) is 5.76 Å². The van der Waals surface area contributed by atoms with E-state index in [4.69, 9.17) is 4.52 Å². The van der Waals surface area contributed by atoms with E-state index in [0.29, 0.717) is 5.76 Å². The van der Waals surface area contributed by atoms with E-state index in [0.717, 1.165) is 12.1 Å². The lowest BCUT2D eigenvalue weighted by Crippen LogP contribution is -2.63. The number of nitrogens with zero attached hydrogens (tertiary/aromatic N) is 2. The van der Waals surface area contributed by atoms with Crippen molar-refractivity contribution in [2.45, 2.75) is 52.7 Å². The number of aryl methyl sites for hydroxylation is 1. The first-order valence-electron chi connectivity index (χ1n) is 6.97. The predicted octanol–water partition coefficient (Wildman–Crippen LogP) is 1.24. The average Bonchev–Trinajstić information content (AvgIpc) is 2.83. The molecule has 0 aromatic carbocycles. The number of carbonyl (C=O) groups excluding carboxylic acids is 2. The SMILES string of the molecule is CCC(C)C1NC(=O)C(C)N(Cc2cc(C)no2)C1=O. The van der Waals surface area contributed by atoms with Gasteiger partial charge in [-0.2, -0.15) is 0 Å². The van der Waals surface area contributed by atoms with Gasteiger partial charge >= 0.3 is 0 Å². The molecule has 1 N–H and O–H groups in total. The Hall–Kier alpha value is -1.85. The number of amides is 2. The standard InChI is InChI=1S/C14H21N3O3/c1-5-8(2)12-14(19)17(10(4)13(18)15-12)7-11-6-9(3)16-20-11/h6,8,10,12H,5,7H2,1-4H3,(H,15,18). The Bertz CT molecular complexity index is 512. The summed E-state index contributed by atoms with van der Waals surface area (Å²) in [7, 11) is 0. The summed E-state index contributed by atoms with van der Waals surface area (Å²) in [4.78, 5) is 26.1. The quantitative estimate of drug-likeness (QED) is 0.900. The molecule has 1 aromatic rings. The van der Waals surface area contributed by atoms with Crippen LogP contribution >= 0.6 is 0 Å². The van der Waals surface area contributed by atoms with Crippen LogP contribution in [-0.2, 0) is 16.1 Å². The summed E-state index contributed by atoms with van der Waals surface area (Å²) in [5.74, 6) is 0.532. The molecule has 1 aliphatic rings. The Labute approximate surface area is 118 Å². The zero-order valence-electron chi connectivity index (χ0n) is 12.3. The van der Waals surface area contributed by atoms with Crippen LogP contribution in [0.4, 0.5) is 0 Å². The highest BCUT2D eigenvalue weighted by Gasteiger charge is 2.40. The van der Waals surface area contributed by atoms with E-state index >= 15 is 0 Å². The third-order valence-electron chi connectivity index (χ3n) is 3.91. The topological polar surface area (TPSA) is 75.4 Å². The number of hydrogen-bond donors (Lipinski definition) is 1. The highest BCUT2D eigenvalue weighted by atomic mass is 16.5. The smallest absolute Gasteiger partial charge is 0.246 e. The van der Waals surface area contributed by atoms with Crippen molar-refractivity contribution in [3.8, 4) is 0 Å². The second kappa shape index (κ2) is 5.64. The zero-order valence-corrected chi connectivity index (χ0v) is 12.3. The minimum Gasteiger partial charge on any atom is -0.359 e. The van der Waals surface area contributed by atoms with Crippen LogP contribution in [0.15, 0.2) is 10.6 Å². The van der Waals surface area contributed by atoms with E-state index in [2.05, 4.69) is 10.5 Å². The highest BCUT2D eigenvalue weighted by Crippen LogP contribution is 2.20. The van der Waals surface area contributed by atoms with Gasteiger partial charge in [0, 0.05) is 6.07 Å². The van der Waals surface area contributed by atoms with E-state index in [9.17, 15) is 9.59 Å². The second-order valence-electron chi connectivity index (χ2n) is 5.45. The van der Waals surface area contributed by atoms with Gasteiger partial charge in [0.05, 0.1) is 12.2 Å². The molecule has 1 fully saturated rings. The summed E-state index contributed by atoms with van der Waals surface area (Å²) in [6.45, 7) is 7.80. The second-order valence-corrected chi connectivity index (χ2v) is 5.45. The van der Waals surface area contributed by atoms with E-state index in [1.54, 1.807) is 17.9 Å². The predicted molar refractivity (Wildman–Crippen MR) is 72.6 cm³/mol. The van der Waals surface area contributed by atoms with Crippen LogP contribution < -0.4 is 5.32 Å². The molecule has 0 radical (unpaired) electrons. The van der Waals surface area contributed by atoms with Gasteiger partial charge in [-0.3, -0.25) is 9.59 Å². The van der Waals surface area contributed by atoms with E-state index < -0.39 is 12.1 Å². The largest absolute Gasteiger partial charge is 0.359 e. The van der Waals surface area contributed by atoms with Crippen molar-refractivity contribution >= 4 is 11.8 Å². The minimum absolute atomic E-state index is 0.0551. The number of rotatable bonds is 4. The number of piperazine rings is 1. The number of aromatic nitrogens is 1. The molecule has 3 atom stereocenters. The Balaban J connectivity index is 2.19. The maximum Gasteiger partial charge on any atom is 0.246 e. The van der Waals surface area contributed by atoms with Crippen molar-refractivity contribution in [1.29, 1.82) is 0 Å². The molecule has 110 valence electrons. The van der Waals surface area contributed by atoms with Crippen LogP contribution in [0.25, 0.3) is 0 Å². The van der Waals surface area contributed by atoms with E-state index in [-0.39, 0.29) is 24.3 Å². The molecule has 20 heavy (non-hydrogen) atoms. The number of carbonyl (C=O) groups is 2. The van der Waals surface area contributed by atoms with Crippen LogP contribution in [0.3, 0.4) is 0 Å². The van der Waals surface area contributed by atoms with Crippen LogP contribution in [0.5, 0.6) is 0 Å². The van der Waals surface area contributed by atoms with Crippen molar-refractivity contribution in [1.82, 2.24) is 15.4 Å². The molecule has 3 unspecified atom stereocenters. The molecular formula is C14H21N3O3. The lowest BCUT2D eigenvalue weighted by Gasteiger charge is -2.38. The first-order valence-corrected chi connectivity index (χ1v) is 6.97. The van der Waals surface area contributed by atoms with Gasteiger partial charge < -0.3 is 14.7 Å². The third kappa shape index (κ3) is 2.69. The molecule has 0 bridgehead atoms. The Kier molecular flexibility index (Phi) is 4.11. The lowest BCUT2D eigenvalue weighted by atomic mass is 9.94. The van der Waals surface area contributed by atoms with Crippen molar-refractivity contribution in [2.24, 2.45) is 5.92 Å².